The Morgan fingerprint density at radius 3 is 2.50 bits per heavy atom. The number of hydrogen-bond acceptors (Lipinski definition) is 7. The lowest BCUT2D eigenvalue weighted by atomic mass is 10.2. The second-order valence-electron chi connectivity index (χ2n) is 5.55. The Balaban J connectivity index is 2.01. The molecular weight excluding hydrogens is 356 g/mol. The summed E-state index contributed by atoms with van der Waals surface area (Å²) in [5, 5.41) is 18.0. The van der Waals surface area contributed by atoms with E-state index in [2.05, 4.69) is 25.6 Å². The number of nitrogens with zero attached hydrogens (tertiary/aromatic N) is 4. The number of nitro groups is 1. The number of aromatic nitrogens is 3. The summed E-state index contributed by atoms with van der Waals surface area (Å²) in [6.07, 6.45) is 1.24. The molecule has 26 heavy (non-hydrogen) atoms. The van der Waals surface area contributed by atoms with E-state index in [1.165, 1.54) is 6.33 Å². The minimum Gasteiger partial charge on any atom is -0.334 e. The van der Waals surface area contributed by atoms with Gasteiger partial charge in [-0.3, -0.25) is 10.1 Å². The van der Waals surface area contributed by atoms with E-state index in [0.29, 0.717) is 16.5 Å². The van der Waals surface area contributed by atoms with E-state index in [0.717, 1.165) is 11.3 Å². The van der Waals surface area contributed by atoms with Gasteiger partial charge >= 0.3 is 5.69 Å². The van der Waals surface area contributed by atoms with Crippen molar-refractivity contribution in [1.29, 1.82) is 0 Å². The van der Waals surface area contributed by atoms with E-state index in [4.69, 9.17) is 11.6 Å². The van der Waals surface area contributed by atoms with Gasteiger partial charge in [0.15, 0.2) is 0 Å². The number of hydrogen-bond donors (Lipinski definition) is 2. The van der Waals surface area contributed by atoms with Crippen LogP contribution in [0.2, 0.25) is 5.02 Å². The van der Waals surface area contributed by atoms with Gasteiger partial charge in [-0.1, -0.05) is 23.7 Å². The quantitative estimate of drug-likeness (QED) is 0.501. The fourth-order valence-electron chi connectivity index (χ4n) is 2.33. The summed E-state index contributed by atoms with van der Waals surface area (Å²) in [5.74, 6) is 0.562. The predicted octanol–water partition coefficient (Wildman–Crippen LogP) is 4.54. The minimum absolute atomic E-state index is 0.0466. The molecule has 0 radical (unpaired) electrons. The zero-order valence-electron chi connectivity index (χ0n) is 14.0. The van der Waals surface area contributed by atoms with Crippen LogP contribution in [0.1, 0.15) is 11.3 Å². The molecule has 2 aromatic heterocycles. The fourth-order valence-corrected chi connectivity index (χ4v) is 2.50. The van der Waals surface area contributed by atoms with Crippen LogP contribution in [0.15, 0.2) is 42.7 Å². The lowest BCUT2D eigenvalue weighted by Crippen LogP contribution is -2.06. The Morgan fingerprint density at radius 1 is 1.08 bits per heavy atom. The highest BCUT2D eigenvalue weighted by atomic mass is 35.5. The van der Waals surface area contributed by atoms with Gasteiger partial charge in [-0.05, 0) is 43.7 Å². The molecule has 0 saturated heterocycles. The second kappa shape index (κ2) is 7.32. The van der Waals surface area contributed by atoms with Crippen molar-refractivity contribution in [3.8, 4) is 0 Å². The highest BCUT2D eigenvalue weighted by Gasteiger charge is 2.24. The molecule has 1 aromatic carbocycles. The third-order valence-corrected chi connectivity index (χ3v) is 3.83. The largest absolute Gasteiger partial charge is 0.353 e. The molecule has 0 aliphatic carbocycles. The number of benzene rings is 1. The van der Waals surface area contributed by atoms with Crippen LogP contribution in [-0.4, -0.2) is 19.9 Å². The molecule has 0 bridgehead atoms. The molecule has 0 atom stereocenters. The smallest absolute Gasteiger partial charge is 0.334 e. The van der Waals surface area contributed by atoms with Crippen molar-refractivity contribution < 1.29 is 4.92 Å². The van der Waals surface area contributed by atoms with Crippen molar-refractivity contribution >= 4 is 40.4 Å². The maximum atomic E-state index is 11.6. The summed E-state index contributed by atoms with van der Waals surface area (Å²) in [4.78, 5) is 23.4. The van der Waals surface area contributed by atoms with E-state index in [9.17, 15) is 10.1 Å². The summed E-state index contributed by atoms with van der Waals surface area (Å²) in [5.41, 5.74) is 1.99. The molecule has 0 fully saturated rings. The van der Waals surface area contributed by atoms with E-state index in [1.54, 1.807) is 24.3 Å². The first kappa shape index (κ1) is 17.6. The Labute approximate surface area is 154 Å². The molecule has 0 amide bonds. The number of rotatable bonds is 5. The zero-order chi connectivity index (χ0) is 18.7. The second-order valence-corrected chi connectivity index (χ2v) is 5.99. The summed E-state index contributed by atoms with van der Waals surface area (Å²) >= 11 is 6.01. The molecule has 3 aromatic rings. The van der Waals surface area contributed by atoms with Crippen LogP contribution in [0, 0.1) is 24.0 Å². The van der Waals surface area contributed by atoms with Gasteiger partial charge in [0.25, 0.3) is 0 Å². The van der Waals surface area contributed by atoms with Gasteiger partial charge in [0.05, 0.1) is 4.92 Å². The first-order valence-electron chi connectivity index (χ1n) is 7.67. The first-order valence-corrected chi connectivity index (χ1v) is 8.05. The van der Waals surface area contributed by atoms with Crippen LogP contribution < -0.4 is 10.6 Å². The lowest BCUT2D eigenvalue weighted by molar-refractivity contribution is -0.383. The van der Waals surface area contributed by atoms with Crippen molar-refractivity contribution in [2.75, 3.05) is 10.6 Å². The number of anilines is 4. The molecule has 0 aliphatic rings. The van der Waals surface area contributed by atoms with Crippen LogP contribution in [-0.2, 0) is 0 Å². The van der Waals surface area contributed by atoms with E-state index < -0.39 is 4.92 Å². The number of aryl methyl sites for hydroxylation is 2. The summed E-state index contributed by atoms with van der Waals surface area (Å²) in [7, 11) is 0. The third-order valence-electron chi connectivity index (χ3n) is 3.59. The van der Waals surface area contributed by atoms with Crippen molar-refractivity contribution in [1.82, 2.24) is 15.0 Å². The predicted molar refractivity (Wildman–Crippen MR) is 100 cm³/mol. The summed E-state index contributed by atoms with van der Waals surface area (Å²) in [6.45, 7) is 3.69. The molecule has 3 rings (SSSR count). The molecular formula is C17H15ClN6O2. The molecule has 0 unspecified atom stereocenters. The van der Waals surface area contributed by atoms with E-state index in [-0.39, 0.29) is 17.3 Å². The molecule has 132 valence electrons. The van der Waals surface area contributed by atoms with Gasteiger partial charge < -0.3 is 10.6 Å². The van der Waals surface area contributed by atoms with Crippen molar-refractivity contribution in [3.05, 3.63) is 69.1 Å². The maximum Gasteiger partial charge on any atom is 0.353 e. The molecule has 2 heterocycles. The molecule has 2 N–H and O–H groups in total. The van der Waals surface area contributed by atoms with Crippen LogP contribution in [0.4, 0.5) is 28.8 Å². The minimum atomic E-state index is -0.541. The van der Waals surface area contributed by atoms with Gasteiger partial charge in [0, 0.05) is 16.4 Å². The Hall–Kier alpha value is -3.26. The van der Waals surface area contributed by atoms with E-state index >= 15 is 0 Å². The lowest BCUT2D eigenvalue weighted by Gasteiger charge is -2.11. The van der Waals surface area contributed by atoms with Gasteiger partial charge in [-0.25, -0.2) is 15.0 Å². The Kier molecular flexibility index (Phi) is 4.94. The first-order chi connectivity index (χ1) is 12.4. The van der Waals surface area contributed by atoms with Gasteiger partial charge in [0.2, 0.25) is 11.6 Å². The Morgan fingerprint density at radius 2 is 1.81 bits per heavy atom. The molecule has 9 heteroatoms. The summed E-state index contributed by atoms with van der Waals surface area (Å²) in [6, 6.07) is 10.6. The highest BCUT2D eigenvalue weighted by Crippen LogP contribution is 2.33. The third kappa shape index (κ3) is 3.86. The van der Waals surface area contributed by atoms with Crippen LogP contribution in [0.3, 0.4) is 0 Å². The average Bonchev–Trinajstić information content (AvgIpc) is 2.58. The zero-order valence-corrected chi connectivity index (χ0v) is 14.8. The fraction of sp³-hybridized carbons (Fsp3) is 0.118. The molecule has 0 saturated carbocycles. The van der Waals surface area contributed by atoms with Crippen LogP contribution in [0.25, 0.3) is 0 Å². The molecule has 0 spiro atoms. The van der Waals surface area contributed by atoms with Crippen molar-refractivity contribution in [2.45, 2.75) is 13.8 Å². The molecule has 0 aliphatic heterocycles. The van der Waals surface area contributed by atoms with Gasteiger partial charge in [-0.2, -0.15) is 0 Å². The Bertz CT molecular complexity index is 979. The van der Waals surface area contributed by atoms with Crippen molar-refractivity contribution in [3.63, 3.8) is 0 Å². The summed E-state index contributed by atoms with van der Waals surface area (Å²) < 4.78 is 0. The highest BCUT2D eigenvalue weighted by molar-refractivity contribution is 6.30. The normalized spacial score (nSPS) is 10.4. The van der Waals surface area contributed by atoms with E-state index in [1.807, 2.05) is 26.0 Å². The number of nitrogens with one attached hydrogen (secondary N) is 2. The number of halogens is 1. The average molecular weight is 371 g/mol. The van der Waals surface area contributed by atoms with Crippen LogP contribution in [0.5, 0.6) is 0 Å². The van der Waals surface area contributed by atoms with Gasteiger partial charge in [0.1, 0.15) is 12.1 Å². The van der Waals surface area contributed by atoms with Crippen molar-refractivity contribution in [2.24, 2.45) is 0 Å². The van der Waals surface area contributed by atoms with Crippen LogP contribution >= 0.6 is 11.6 Å². The number of pyridine rings is 1. The molecule has 8 nitrogen and oxygen atoms in total. The topological polar surface area (TPSA) is 106 Å². The maximum absolute atomic E-state index is 11.6. The standard InChI is InChI=1S/C17H15ClN6O2/c1-10-6-7-12(18)8-13(10)22-16-15(24(25)26)17(20-9-19-16)23-14-5-3-4-11(2)21-14/h3-9H,1-2H3,(H2,19,20,21,22,23). The SMILES string of the molecule is Cc1cccc(Nc2ncnc(Nc3cc(Cl)ccc3C)c2[N+](=O)[O-])n1. The van der Waals surface area contributed by atoms with Gasteiger partial charge in [-0.15, -0.1) is 0 Å². The monoisotopic (exact) mass is 370 g/mol.